The van der Waals surface area contributed by atoms with E-state index in [0.29, 0.717) is 5.39 Å². The normalized spacial score (nSPS) is 11.7. The standard InChI is InChI=1S/C19H26N2O4S/c1-5-21(14-13-19(22)25-6-2)26(23,24)18-12-8-9-15-16(18)10-7-11-17(15)20(3)4/h7-12H,5-6,13-14H2,1-4H3. The molecule has 0 aliphatic heterocycles. The quantitative estimate of drug-likeness (QED) is 0.661. The highest BCUT2D eigenvalue weighted by molar-refractivity contribution is 7.89. The lowest BCUT2D eigenvalue weighted by molar-refractivity contribution is -0.143. The fraction of sp³-hybridized carbons (Fsp3) is 0.421. The second-order valence-corrected chi connectivity index (χ2v) is 7.98. The maximum Gasteiger partial charge on any atom is 0.307 e. The molecule has 0 heterocycles. The lowest BCUT2D eigenvalue weighted by atomic mass is 10.1. The Morgan fingerprint density at radius 3 is 2.31 bits per heavy atom. The molecule has 7 heteroatoms. The Balaban J connectivity index is 2.44. The van der Waals surface area contributed by atoms with Crippen LogP contribution in [-0.2, 0) is 19.6 Å². The van der Waals surface area contributed by atoms with Crippen LogP contribution in [0.25, 0.3) is 10.8 Å². The van der Waals surface area contributed by atoms with E-state index in [0.717, 1.165) is 11.1 Å². The maximum atomic E-state index is 13.2. The highest BCUT2D eigenvalue weighted by Gasteiger charge is 2.26. The van der Waals surface area contributed by atoms with Crippen molar-refractivity contribution in [3.63, 3.8) is 0 Å². The molecule has 0 amide bonds. The van der Waals surface area contributed by atoms with Gasteiger partial charge in [0.1, 0.15) is 0 Å². The minimum absolute atomic E-state index is 0.0363. The molecular weight excluding hydrogens is 352 g/mol. The SMILES string of the molecule is CCOC(=O)CCN(CC)S(=O)(=O)c1cccc2c(N(C)C)cccc12. The molecular formula is C19H26N2O4S. The first kappa shape index (κ1) is 20.2. The van der Waals surface area contributed by atoms with Crippen LogP contribution in [0.15, 0.2) is 41.3 Å². The van der Waals surface area contributed by atoms with Crippen LogP contribution in [0.3, 0.4) is 0 Å². The molecule has 0 aliphatic rings. The van der Waals surface area contributed by atoms with Gasteiger partial charge in [-0.05, 0) is 19.1 Å². The van der Waals surface area contributed by atoms with Crippen molar-refractivity contribution in [2.45, 2.75) is 25.2 Å². The van der Waals surface area contributed by atoms with Gasteiger partial charge in [0, 0.05) is 43.6 Å². The number of esters is 1. The van der Waals surface area contributed by atoms with Crippen LogP contribution in [0.5, 0.6) is 0 Å². The van der Waals surface area contributed by atoms with Crippen LogP contribution in [0.2, 0.25) is 0 Å². The second-order valence-electron chi connectivity index (χ2n) is 6.07. The Kier molecular flexibility index (Phi) is 6.61. The first-order valence-corrected chi connectivity index (χ1v) is 10.1. The molecule has 0 atom stereocenters. The van der Waals surface area contributed by atoms with Crippen LogP contribution in [0.1, 0.15) is 20.3 Å². The van der Waals surface area contributed by atoms with Gasteiger partial charge in [0.15, 0.2) is 0 Å². The molecule has 2 aromatic carbocycles. The smallest absolute Gasteiger partial charge is 0.307 e. The van der Waals surface area contributed by atoms with Crippen LogP contribution < -0.4 is 4.90 Å². The van der Waals surface area contributed by atoms with E-state index in [9.17, 15) is 13.2 Å². The highest BCUT2D eigenvalue weighted by Crippen LogP contribution is 2.31. The molecule has 0 aliphatic carbocycles. The van der Waals surface area contributed by atoms with E-state index in [1.54, 1.807) is 26.0 Å². The van der Waals surface area contributed by atoms with E-state index in [-0.39, 0.29) is 31.0 Å². The van der Waals surface area contributed by atoms with E-state index in [2.05, 4.69) is 0 Å². The number of nitrogens with zero attached hydrogens (tertiary/aromatic N) is 2. The zero-order chi connectivity index (χ0) is 19.3. The molecule has 6 nitrogen and oxygen atoms in total. The molecule has 0 saturated heterocycles. The van der Waals surface area contributed by atoms with E-state index in [4.69, 9.17) is 4.74 Å². The summed E-state index contributed by atoms with van der Waals surface area (Å²) in [6, 6.07) is 10.9. The highest BCUT2D eigenvalue weighted by atomic mass is 32.2. The summed E-state index contributed by atoms with van der Waals surface area (Å²) < 4.78 is 32.6. The molecule has 26 heavy (non-hydrogen) atoms. The van der Waals surface area contributed by atoms with Gasteiger partial charge < -0.3 is 9.64 Å². The van der Waals surface area contributed by atoms with E-state index >= 15 is 0 Å². The maximum absolute atomic E-state index is 13.2. The molecule has 0 spiro atoms. The van der Waals surface area contributed by atoms with Gasteiger partial charge >= 0.3 is 5.97 Å². The first-order valence-electron chi connectivity index (χ1n) is 8.67. The number of rotatable bonds is 8. The average Bonchev–Trinajstić information content (AvgIpc) is 2.61. The predicted octanol–water partition coefficient (Wildman–Crippen LogP) is 2.87. The van der Waals surface area contributed by atoms with Gasteiger partial charge in [-0.1, -0.05) is 31.2 Å². The molecule has 0 radical (unpaired) electrons. The van der Waals surface area contributed by atoms with Crippen molar-refractivity contribution in [2.24, 2.45) is 0 Å². The molecule has 0 bridgehead atoms. The van der Waals surface area contributed by atoms with Gasteiger partial charge in [0.25, 0.3) is 0 Å². The van der Waals surface area contributed by atoms with Crippen LogP contribution in [0, 0.1) is 0 Å². The fourth-order valence-corrected chi connectivity index (χ4v) is 4.57. The number of ether oxygens (including phenoxy) is 1. The number of sulfonamides is 1. The molecule has 0 fully saturated rings. The number of carbonyl (C=O) groups is 1. The Morgan fingerprint density at radius 2 is 1.69 bits per heavy atom. The van der Waals surface area contributed by atoms with Crippen molar-refractivity contribution < 1.29 is 17.9 Å². The summed E-state index contributed by atoms with van der Waals surface area (Å²) in [7, 11) is 0.125. The lowest BCUT2D eigenvalue weighted by Gasteiger charge is -2.22. The largest absolute Gasteiger partial charge is 0.466 e. The summed E-state index contributed by atoms with van der Waals surface area (Å²) in [5.74, 6) is -0.394. The van der Waals surface area contributed by atoms with E-state index in [1.807, 2.05) is 43.3 Å². The number of carbonyl (C=O) groups excluding carboxylic acids is 1. The van der Waals surface area contributed by atoms with Crippen molar-refractivity contribution in [2.75, 3.05) is 38.7 Å². The zero-order valence-electron chi connectivity index (χ0n) is 15.7. The Morgan fingerprint density at radius 1 is 1.04 bits per heavy atom. The van der Waals surface area contributed by atoms with Gasteiger partial charge in [0.2, 0.25) is 10.0 Å². The zero-order valence-corrected chi connectivity index (χ0v) is 16.5. The third-order valence-electron chi connectivity index (χ3n) is 4.18. The minimum Gasteiger partial charge on any atom is -0.466 e. The van der Waals surface area contributed by atoms with Crippen molar-refractivity contribution in [3.05, 3.63) is 36.4 Å². The molecule has 142 valence electrons. The molecule has 0 unspecified atom stereocenters. The number of hydrogen-bond acceptors (Lipinski definition) is 5. The van der Waals surface area contributed by atoms with Crippen LogP contribution in [0.4, 0.5) is 5.69 Å². The number of fused-ring (bicyclic) bond motifs is 1. The van der Waals surface area contributed by atoms with Crippen molar-refractivity contribution in [1.29, 1.82) is 0 Å². The van der Waals surface area contributed by atoms with Gasteiger partial charge in [-0.2, -0.15) is 4.31 Å². The molecule has 2 aromatic rings. The first-order chi connectivity index (χ1) is 12.3. The fourth-order valence-electron chi connectivity index (χ4n) is 2.92. The van der Waals surface area contributed by atoms with Crippen LogP contribution >= 0.6 is 0 Å². The van der Waals surface area contributed by atoms with Gasteiger partial charge in [-0.3, -0.25) is 4.79 Å². The van der Waals surface area contributed by atoms with Gasteiger partial charge in [-0.15, -0.1) is 0 Å². The third kappa shape index (κ3) is 4.16. The average molecular weight is 378 g/mol. The van der Waals surface area contributed by atoms with Crippen molar-refractivity contribution >= 4 is 32.5 Å². The summed E-state index contributed by atoms with van der Waals surface area (Å²) in [4.78, 5) is 13.8. The van der Waals surface area contributed by atoms with Gasteiger partial charge in [0.05, 0.1) is 17.9 Å². The summed E-state index contributed by atoms with van der Waals surface area (Å²) in [5, 5.41) is 1.55. The van der Waals surface area contributed by atoms with Crippen molar-refractivity contribution in [1.82, 2.24) is 4.31 Å². The monoisotopic (exact) mass is 378 g/mol. The summed E-state index contributed by atoms with van der Waals surface area (Å²) in [5.41, 5.74) is 0.953. The number of hydrogen-bond donors (Lipinski definition) is 0. The van der Waals surface area contributed by atoms with E-state index in [1.165, 1.54) is 4.31 Å². The summed E-state index contributed by atoms with van der Waals surface area (Å²) in [6.07, 6.45) is 0.0363. The molecule has 0 aromatic heterocycles. The molecule has 0 N–H and O–H groups in total. The Labute approximate surface area is 155 Å². The summed E-state index contributed by atoms with van der Waals surface area (Å²) >= 11 is 0. The van der Waals surface area contributed by atoms with Gasteiger partial charge in [-0.25, -0.2) is 8.42 Å². The van der Waals surface area contributed by atoms with Crippen LogP contribution in [-0.4, -0.2) is 52.5 Å². The van der Waals surface area contributed by atoms with Crippen molar-refractivity contribution in [3.8, 4) is 0 Å². The minimum atomic E-state index is -3.72. The summed E-state index contributed by atoms with van der Waals surface area (Å²) in [6.45, 7) is 4.16. The Bertz CT molecular complexity index is 878. The second kappa shape index (κ2) is 8.51. The number of benzene rings is 2. The Hall–Kier alpha value is -2.12. The van der Waals surface area contributed by atoms with E-state index < -0.39 is 16.0 Å². The third-order valence-corrected chi connectivity index (χ3v) is 6.21. The predicted molar refractivity (Wildman–Crippen MR) is 104 cm³/mol. The topological polar surface area (TPSA) is 66.9 Å². The number of anilines is 1. The molecule has 2 rings (SSSR count). The molecule has 0 saturated carbocycles. The lowest BCUT2D eigenvalue weighted by Crippen LogP contribution is -2.33.